The summed E-state index contributed by atoms with van der Waals surface area (Å²) in [7, 11) is 0. The molecule has 0 aliphatic heterocycles. The van der Waals surface area contributed by atoms with E-state index in [9.17, 15) is 14.7 Å². The van der Waals surface area contributed by atoms with Crippen LogP contribution in [0.25, 0.3) is 0 Å². The van der Waals surface area contributed by atoms with E-state index in [1.807, 2.05) is 18.2 Å². The van der Waals surface area contributed by atoms with Crippen LogP contribution in [0.3, 0.4) is 0 Å². The molecule has 0 fully saturated rings. The van der Waals surface area contributed by atoms with Crippen molar-refractivity contribution in [2.75, 3.05) is 11.9 Å². The third kappa shape index (κ3) is 6.63. The molecule has 0 aliphatic rings. The molecule has 0 spiro atoms. The molecule has 0 unspecified atom stereocenters. The topological polar surface area (TPSA) is 100 Å². The number of nitrogens with one attached hydrogen (secondary N) is 2. The number of nitrogens with zero attached hydrogens (tertiary/aromatic N) is 1. The number of rotatable bonds is 8. The third-order valence-corrected chi connectivity index (χ3v) is 3.68. The molecule has 2 rings (SSSR count). The smallest absolute Gasteiger partial charge is 0.240 e. The minimum absolute atomic E-state index is 0.00344. The SMILES string of the molecule is CCOc1cc(C=NNC(=O)CCC(=O)Nc2ccccc2)cc(Cl)c1O. The maximum absolute atomic E-state index is 11.8. The standard InChI is InChI=1S/C19H20ClN3O4/c1-2-27-16-11-13(10-15(20)19(16)26)12-21-23-18(25)9-8-17(24)22-14-6-4-3-5-7-14/h3-7,10-12,26H,2,8-9H2,1H3,(H,22,24)(H,23,25). The van der Waals surface area contributed by atoms with Crippen LogP contribution in [0.1, 0.15) is 25.3 Å². The van der Waals surface area contributed by atoms with Crippen molar-refractivity contribution in [3.05, 3.63) is 53.1 Å². The van der Waals surface area contributed by atoms with Crippen LogP contribution >= 0.6 is 11.6 Å². The molecule has 7 nitrogen and oxygen atoms in total. The van der Waals surface area contributed by atoms with E-state index in [1.165, 1.54) is 12.3 Å². The Balaban J connectivity index is 1.82. The number of para-hydroxylation sites is 1. The van der Waals surface area contributed by atoms with Gasteiger partial charge < -0.3 is 15.2 Å². The van der Waals surface area contributed by atoms with Crippen molar-refractivity contribution in [2.24, 2.45) is 5.10 Å². The third-order valence-electron chi connectivity index (χ3n) is 3.39. The molecule has 3 N–H and O–H groups in total. The average molecular weight is 390 g/mol. The number of benzene rings is 2. The van der Waals surface area contributed by atoms with Crippen LogP contribution in [-0.2, 0) is 9.59 Å². The van der Waals surface area contributed by atoms with Crippen LogP contribution < -0.4 is 15.5 Å². The highest BCUT2D eigenvalue weighted by molar-refractivity contribution is 6.32. The molecule has 0 bridgehead atoms. The number of hydrogen-bond donors (Lipinski definition) is 3. The Morgan fingerprint density at radius 3 is 2.59 bits per heavy atom. The molecular weight excluding hydrogens is 370 g/mol. The Morgan fingerprint density at radius 2 is 1.89 bits per heavy atom. The molecule has 0 saturated heterocycles. The summed E-state index contributed by atoms with van der Waals surface area (Å²) in [5.74, 6) is -0.573. The lowest BCUT2D eigenvalue weighted by molar-refractivity contribution is -0.124. The number of anilines is 1. The van der Waals surface area contributed by atoms with E-state index in [4.69, 9.17) is 16.3 Å². The second kappa shape index (κ2) is 10.2. The molecule has 0 aliphatic carbocycles. The second-order valence-corrected chi connectivity index (χ2v) is 5.90. The highest BCUT2D eigenvalue weighted by atomic mass is 35.5. The second-order valence-electron chi connectivity index (χ2n) is 5.49. The van der Waals surface area contributed by atoms with Gasteiger partial charge in [-0.2, -0.15) is 5.10 Å². The number of phenolic OH excluding ortho intramolecular Hbond substituents is 1. The number of aromatic hydroxyl groups is 1. The van der Waals surface area contributed by atoms with Gasteiger partial charge in [0.1, 0.15) is 0 Å². The van der Waals surface area contributed by atoms with Crippen LogP contribution in [0.5, 0.6) is 11.5 Å². The summed E-state index contributed by atoms with van der Waals surface area (Å²) in [6.45, 7) is 2.15. The van der Waals surface area contributed by atoms with E-state index in [0.717, 1.165) is 0 Å². The minimum Gasteiger partial charge on any atom is -0.503 e. The van der Waals surface area contributed by atoms with Gasteiger partial charge >= 0.3 is 0 Å². The molecule has 2 aromatic rings. The first-order valence-electron chi connectivity index (χ1n) is 8.31. The van der Waals surface area contributed by atoms with E-state index in [1.54, 1.807) is 25.1 Å². The maximum atomic E-state index is 11.8. The number of hydrazone groups is 1. The van der Waals surface area contributed by atoms with E-state index >= 15 is 0 Å². The normalized spacial score (nSPS) is 10.6. The van der Waals surface area contributed by atoms with Crippen LogP contribution in [0.15, 0.2) is 47.6 Å². The quantitative estimate of drug-likeness (QED) is 0.476. The predicted molar refractivity (Wildman–Crippen MR) is 104 cm³/mol. The van der Waals surface area contributed by atoms with Gasteiger partial charge in [-0.05, 0) is 36.8 Å². The van der Waals surface area contributed by atoms with Crippen molar-refractivity contribution in [3.8, 4) is 11.5 Å². The lowest BCUT2D eigenvalue weighted by atomic mass is 10.2. The van der Waals surface area contributed by atoms with Gasteiger partial charge in [-0.3, -0.25) is 9.59 Å². The zero-order valence-corrected chi connectivity index (χ0v) is 15.5. The number of amides is 2. The maximum Gasteiger partial charge on any atom is 0.240 e. The number of carbonyl (C=O) groups excluding carboxylic acids is 2. The summed E-state index contributed by atoms with van der Waals surface area (Å²) in [5, 5.41) is 16.4. The zero-order chi connectivity index (χ0) is 19.6. The van der Waals surface area contributed by atoms with E-state index in [-0.39, 0.29) is 35.3 Å². The molecule has 8 heteroatoms. The highest BCUT2D eigenvalue weighted by Crippen LogP contribution is 2.34. The summed E-state index contributed by atoms with van der Waals surface area (Å²) < 4.78 is 5.27. The highest BCUT2D eigenvalue weighted by Gasteiger charge is 2.09. The van der Waals surface area contributed by atoms with Gasteiger partial charge in [-0.25, -0.2) is 5.43 Å². The Hall–Kier alpha value is -3.06. The number of phenols is 1. The first-order valence-corrected chi connectivity index (χ1v) is 8.69. The minimum atomic E-state index is -0.399. The van der Waals surface area contributed by atoms with Crippen molar-refractivity contribution in [1.82, 2.24) is 5.43 Å². The Labute approximate surface area is 162 Å². The molecule has 0 atom stereocenters. The number of halogens is 1. The van der Waals surface area contributed by atoms with Crippen LogP contribution in [0.4, 0.5) is 5.69 Å². The first-order chi connectivity index (χ1) is 13.0. The largest absolute Gasteiger partial charge is 0.503 e. The summed E-state index contributed by atoms with van der Waals surface area (Å²) in [6, 6.07) is 12.0. The molecule has 0 heterocycles. The Kier molecular flexibility index (Phi) is 7.63. The van der Waals surface area contributed by atoms with Gasteiger partial charge in [0.2, 0.25) is 11.8 Å². The van der Waals surface area contributed by atoms with Crippen molar-refractivity contribution in [1.29, 1.82) is 0 Å². The molecule has 27 heavy (non-hydrogen) atoms. The van der Waals surface area contributed by atoms with Gasteiger partial charge in [-0.15, -0.1) is 0 Å². The fraction of sp³-hybridized carbons (Fsp3) is 0.211. The van der Waals surface area contributed by atoms with E-state index in [2.05, 4.69) is 15.8 Å². The molecule has 2 aromatic carbocycles. The Bertz CT molecular complexity index is 825. The van der Waals surface area contributed by atoms with Crippen LogP contribution in [0.2, 0.25) is 5.02 Å². The Morgan fingerprint density at radius 1 is 1.19 bits per heavy atom. The summed E-state index contributed by atoms with van der Waals surface area (Å²) in [4.78, 5) is 23.6. The molecular formula is C19H20ClN3O4. The fourth-order valence-electron chi connectivity index (χ4n) is 2.14. The number of ether oxygens (including phenoxy) is 1. The molecule has 0 saturated carbocycles. The van der Waals surface area contributed by atoms with Crippen molar-refractivity contribution in [3.63, 3.8) is 0 Å². The van der Waals surface area contributed by atoms with E-state index in [0.29, 0.717) is 17.9 Å². The van der Waals surface area contributed by atoms with Crippen molar-refractivity contribution >= 4 is 35.3 Å². The lowest BCUT2D eigenvalue weighted by Gasteiger charge is -2.08. The lowest BCUT2D eigenvalue weighted by Crippen LogP contribution is -2.20. The molecule has 142 valence electrons. The van der Waals surface area contributed by atoms with Crippen molar-refractivity contribution < 1.29 is 19.4 Å². The molecule has 0 radical (unpaired) electrons. The number of carbonyl (C=O) groups is 2. The number of hydrogen-bond acceptors (Lipinski definition) is 5. The molecule has 2 amide bonds. The van der Waals surface area contributed by atoms with Gasteiger partial charge in [0.05, 0.1) is 17.8 Å². The molecule has 0 aromatic heterocycles. The summed E-state index contributed by atoms with van der Waals surface area (Å²) in [6.07, 6.45) is 1.40. The summed E-state index contributed by atoms with van der Waals surface area (Å²) >= 11 is 5.92. The van der Waals surface area contributed by atoms with E-state index < -0.39 is 5.91 Å². The van der Waals surface area contributed by atoms with Crippen LogP contribution in [-0.4, -0.2) is 29.7 Å². The first kappa shape index (κ1) is 20.3. The van der Waals surface area contributed by atoms with Gasteiger partial charge in [0.25, 0.3) is 0 Å². The fourth-order valence-corrected chi connectivity index (χ4v) is 2.36. The van der Waals surface area contributed by atoms with Gasteiger partial charge in [0, 0.05) is 18.5 Å². The zero-order valence-electron chi connectivity index (χ0n) is 14.7. The van der Waals surface area contributed by atoms with Gasteiger partial charge in [0.15, 0.2) is 11.5 Å². The van der Waals surface area contributed by atoms with Gasteiger partial charge in [-0.1, -0.05) is 29.8 Å². The average Bonchev–Trinajstić information content (AvgIpc) is 2.65. The van der Waals surface area contributed by atoms with Crippen molar-refractivity contribution in [2.45, 2.75) is 19.8 Å². The summed E-state index contributed by atoms with van der Waals surface area (Å²) in [5.41, 5.74) is 3.56. The van der Waals surface area contributed by atoms with Crippen LogP contribution in [0, 0.1) is 0 Å². The monoisotopic (exact) mass is 389 g/mol. The predicted octanol–water partition coefficient (Wildman–Crippen LogP) is 3.31.